The highest BCUT2D eigenvalue weighted by Crippen LogP contribution is 2.36. The minimum Gasteiger partial charge on any atom is -0.493 e. The standard InChI is InChI=1S/C17H20O4/c1-13-6-4-7-14(12-13)20-10-11-21-17-15(18-2)8-5-9-16(17)19-3/h4-9,12H,10-11H2,1-3H3. The van der Waals surface area contributed by atoms with Gasteiger partial charge < -0.3 is 18.9 Å². The Bertz CT molecular complexity index is 559. The lowest BCUT2D eigenvalue weighted by Crippen LogP contribution is -2.10. The van der Waals surface area contributed by atoms with E-state index in [0.717, 1.165) is 5.75 Å². The highest BCUT2D eigenvalue weighted by molar-refractivity contribution is 5.51. The number of methoxy groups -OCH3 is 2. The van der Waals surface area contributed by atoms with Crippen molar-refractivity contribution in [3.63, 3.8) is 0 Å². The van der Waals surface area contributed by atoms with Gasteiger partial charge in [0.25, 0.3) is 0 Å². The van der Waals surface area contributed by atoms with Gasteiger partial charge in [0.2, 0.25) is 5.75 Å². The molecule has 0 spiro atoms. The monoisotopic (exact) mass is 288 g/mol. The summed E-state index contributed by atoms with van der Waals surface area (Å²) in [4.78, 5) is 0. The molecule has 0 bridgehead atoms. The Morgan fingerprint density at radius 3 is 2.05 bits per heavy atom. The summed E-state index contributed by atoms with van der Waals surface area (Å²) in [5, 5.41) is 0. The van der Waals surface area contributed by atoms with E-state index in [4.69, 9.17) is 18.9 Å². The molecule has 0 amide bonds. The van der Waals surface area contributed by atoms with E-state index in [2.05, 4.69) is 0 Å². The molecule has 0 atom stereocenters. The number of rotatable bonds is 7. The van der Waals surface area contributed by atoms with Crippen molar-refractivity contribution in [2.75, 3.05) is 27.4 Å². The molecular weight excluding hydrogens is 268 g/mol. The topological polar surface area (TPSA) is 36.9 Å². The average Bonchev–Trinajstić information content (AvgIpc) is 2.51. The number of benzene rings is 2. The second kappa shape index (κ2) is 7.43. The Morgan fingerprint density at radius 1 is 0.810 bits per heavy atom. The maximum Gasteiger partial charge on any atom is 0.203 e. The first-order chi connectivity index (χ1) is 10.2. The summed E-state index contributed by atoms with van der Waals surface area (Å²) in [6, 6.07) is 13.4. The number of aryl methyl sites for hydroxylation is 1. The fourth-order valence-corrected chi connectivity index (χ4v) is 1.97. The van der Waals surface area contributed by atoms with Crippen LogP contribution in [0.3, 0.4) is 0 Å². The third-order valence-electron chi connectivity index (χ3n) is 2.97. The second-order valence-electron chi connectivity index (χ2n) is 4.51. The van der Waals surface area contributed by atoms with E-state index in [0.29, 0.717) is 30.5 Å². The van der Waals surface area contributed by atoms with Crippen LogP contribution < -0.4 is 18.9 Å². The van der Waals surface area contributed by atoms with Gasteiger partial charge in [0.05, 0.1) is 14.2 Å². The smallest absolute Gasteiger partial charge is 0.203 e. The van der Waals surface area contributed by atoms with Crippen molar-refractivity contribution < 1.29 is 18.9 Å². The lowest BCUT2D eigenvalue weighted by Gasteiger charge is -2.14. The molecule has 0 saturated heterocycles. The summed E-state index contributed by atoms with van der Waals surface area (Å²) < 4.78 is 21.9. The van der Waals surface area contributed by atoms with Crippen LogP contribution in [-0.2, 0) is 0 Å². The van der Waals surface area contributed by atoms with Crippen molar-refractivity contribution >= 4 is 0 Å². The van der Waals surface area contributed by atoms with Gasteiger partial charge in [-0.1, -0.05) is 18.2 Å². The molecule has 2 aromatic rings. The van der Waals surface area contributed by atoms with E-state index in [1.54, 1.807) is 14.2 Å². The lowest BCUT2D eigenvalue weighted by atomic mass is 10.2. The van der Waals surface area contributed by atoms with Crippen LogP contribution in [-0.4, -0.2) is 27.4 Å². The molecule has 112 valence electrons. The number of para-hydroxylation sites is 1. The van der Waals surface area contributed by atoms with Gasteiger partial charge in [-0.15, -0.1) is 0 Å². The molecule has 0 heterocycles. The maximum atomic E-state index is 5.73. The van der Waals surface area contributed by atoms with Crippen molar-refractivity contribution in [3.05, 3.63) is 48.0 Å². The summed E-state index contributed by atoms with van der Waals surface area (Å²) >= 11 is 0. The second-order valence-corrected chi connectivity index (χ2v) is 4.51. The first-order valence-electron chi connectivity index (χ1n) is 6.78. The molecule has 2 rings (SSSR count). The first kappa shape index (κ1) is 15.0. The van der Waals surface area contributed by atoms with Gasteiger partial charge in [0.1, 0.15) is 19.0 Å². The highest BCUT2D eigenvalue weighted by Gasteiger charge is 2.10. The SMILES string of the molecule is COc1cccc(OC)c1OCCOc1cccc(C)c1. The molecule has 0 aliphatic heterocycles. The van der Waals surface area contributed by atoms with Crippen LogP contribution in [0.25, 0.3) is 0 Å². The number of hydrogen-bond acceptors (Lipinski definition) is 4. The fraction of sp³-hybridized carbons (Fsp3) is 0.294. The Labute approximate surface area is 125 Å². The van der Waals surface area contributed by atoms with Crippen molar-refractivity contribution in [2.45, 2.75) is 6.92 Å². The van der Waals surface area contributed by atoms with Gasteiger partial charge in [-0.3, -0.25) is 0 Å². The molecule has 0 aromatic heterocycles. The first-order valence-corrected chi connectivity index (χ1v) is 6.78. The minimum atomic E-state index is 0.407. The zero-order valence-corrected chi connectivity index (χ0v) is 12.6. The normalized spacial score (nSPS) is 10.0. The Kier molecular flexibility index (Phi) is 5.32. The van der Waals surface area contributed by atoms with Gasteiger partial charge in [0, 0.05) is 0 Å². The lowest BCUT2D eigenvalue weighted by molar-refractivity contribution is 0.205. The van der Waals surface area contributed by atoms with Gasteiger partial charge in [-0.25, -0.2) is 0 Å². The molecule has 0 aliphatic rings. The van der Waals surface area contributed by atoms with Crippen molar-refractivity contribution in [1.29, 1.82) is 0 Å². The number of ether oxygens (including phenoxy) is 4. The summed E-state index contributed by atoms with van der Waals surface area (Å²) in [6.07, 6.45) is 0. The van der Waals surface area contributed by atoms with Gasteiger partial charge >= 0.3 is 0 Å². The summed E-state index contributed by atoms with van der Waals surface area (Å²) in [5.41, 5.74) is 1.17. The predicted molar refractivity (Wildman–Crippen MR) is 81.7 cm³/mol. The highest BCUT2D eigenvalue weighted by atomic mass is 16.6. The average molecular weight is 288 g/mol. The quantitative estimate of drug-likeness (QED) is 0.731. The third kappa shape index (κ3) is 4.05. The van der Waals surface area contributed by atoms with Crippen LogP contribution in [0, 0.1) is 6.92 Å². The van der Waals surface area contributed by atoms with E-state index < -0.39 is 0 Å². The van der Waals surface area contributed by atoms with Gasteiger partial charge in [0.15, 0.2) is 11.5 Å². The molecule has 0 fully saturated rings. The summed E-state index contributed by atoms with van der Waals surface area (Å²) in [6.45, 7) is 2.89. The van der Waals surface area contributed by atoms with E-state index in [-0.39, 0.29) is 0 Å². The van der Waals surface area contributed by atoms with E-state index >= 15 is 0 Å². The Morgan fingerprint density at radius 2 is 1.43 bits per heavy atom. The zero-order chi connectivity index (χ0) is 15.1. The van der Waals surface area contributed by atoms with Crippen molar-refractivity contribution in [1.82, 2.24) is 0 Å². The van der Waals surface area contributed by atoms with Crippen LogP contribution in [0.1, 0.15) is 5.56 Å². The number of hydrogen-bond donors (Lipinski definition) is 0. The zero-order valence-electron chi connectivity index (χ0n) is 12.6. The van der Waals surface area contributed by atoms with Gasteiger partial charge in [-0.05, 0) is 36.8 Å². The van der Waals surface area contributed by atoms with E-state index in [1.807, 2.05) is 49.4 Å². The van der Waals surface area contributed by atoms with E-state index in [1.165, 1.54) is 5.56 Å². The molecule has 4 heteroatoms. The van der Waals surface area contributed by atoms with Crippen LogP contribution in [0.2, 0.25) is 0 Å². The van der Waals surface area contributed by atoms with Crippen LogP contribution in [0.15, 0.2) is 42.5 Å². The van der Waals surface area contributed by atoms with Crippen molar-refractivity contribution in [3.8, 4) is 23.0 Å². The summed E-state index contributed by atoms with van der Waals surface area (Å²) in [7, 11) is 3.20. The van der Waals surface area contributed by atoms with E-state index in [9.17, 15) is 0 Å². The third-order valence-corrected chi connectivity index (χ3v) is 2.97. The molecule has 4 nitrogen and oxygen atoms in total. The Hall–Kier alpha value is -2.36. The molecule has 0 unspecified atom stereocenters. The minimum absolute atomic E-state index is 0.407. The summed E-state index contributed by atoms with van der Waals surface area (Å²) in [5.74, 6) is 2.72. The maximum absolute atomic E-state index is 5.73. The molecule has 0 saturated carbocycles. The fourth-order valence-electron chi connectivity index (χ4n) is 1.97. The van der Waals surface area contributed by atoms with Crippen molar-refractivity contribution in [2.24, 2.45) is 0 Å². The predicted octanol–water partition coefficient (Wildman–Crippen LogP) is 3.47. The molecule has 21 heavy (non-hydrogen) atoms. The van der Waals surface area contributed by atoms with Crippen LogP contribution >= 0.6 is 0 Å². The Balaban J connectivity index is 1.91. The molecular formula is C17H20O4. The largest absolute Gasteiger partial charge is 0.493 e. The molecule has 0 N–H and O–H groups in total. The molecule has 0 aliphatic carbocycles. The van der Waals surface area contributed by atoms with Crippen LogP contribution in [0.4, 0.5) is 0 Å². The van der Waals surface area contributed by atoms with Crippen LogP contribution in [0.5, 0.6) is 23.0 Å². The molecule has 2 aromatic carbocycles. The molecule has 0 radical (unpaired) electrons. The van der Waals surface area contributed by atoms with Gasteiger partial charge in [-0.2, -0.15) is 0 Å².